The van der Waals surface area contributed by atoms with E-state index in [1.165, 1.54) is 23.9 Å². The summed E-state index contributed by atoms with van der Waals surface area (Å²) < 4.78 is 0. The molecule has 0 saturated heterocycles. The Hall–Kier alpha value is -2.14. The van der Waals surface area contributed by atoms with Crippen LogP contribution >= 0.6 is 0 Å². The lowest BCUT2D eigenvalue weighted by Crippen LogP contribution is -2.17. The van der Waals surface area contributed by atoms with Crippen molar-refractivity contribution < 1.29 is 4.79 Å². The average molecular weight is 284 g/mol. The SMILES string of the molecule is CC1CCc2cc(NC(=O)c3nc[nH]c3CN)ccc2C1. The number of H-pyrrole nitrogens is 1. The zero-order valence-corrected chi connectivity index (χ0v) is 12.1. The topological polar surface area (TPSA) is 83.8 Å². The van der Waals surface area contributed by atoms with Crippen molar-refractivity contribution in [3.05, 3.63) is 47.0 Å². The molecule has 2 aromatic rings. The lowest BCUT2D eigenvalue weighted by atomic mass is 9.85. The Labute approximate surface area is 124 Å². The Bertz CT molecular complexity index is 662. The minimum atomic E-state index is -0.221. The highest BCUT2D eigenvalue weighted by Crippen LogP contribution is 2.27. The fraction of sp³-hybridized carbons (Fsp3) is 0.375. The van der Waals surface area contributed by atoms with Gasteiger partial charge in [0.1, 0.15) is 0 Å². The maximum Gasteiger partial charge on any atom is 0.276 e. The molecule has 1 heterocycles. The van der Waals surface area contributed by atoms with Crippen LogP contribution in [0.3, 0.4) is 0 Å². The van der Waals surface area contributed by atoms with Gasteiger partial charge in [-0.3, -0.25) is 4.79 Å². The first-order chi connectivity index (χ1) is 10.2. The molecule has 1 unspecified atom stereocenters. The molecule has 21 heavy (non-hydrogen) atoms. The summed E-state index contributed by atoms with van der Waals surface area (Å²) in [5.41, 5.74) is 10.2. The molecular weight excluding hydrogens is 264 g/mol. The maximum absolute atomic E-state index is 12.2. The van der Waals surface area contributed by atoms with Crippen LogP contribution in [0.15, 0.2) is 24.5 Å². The number of anilines is 1. The van der Waals surface area contributed by atoms with Gasteiger partial charge in [-0.1, -0.05) is 13.0 Å². The van der Waals surface area contributed by atoms with E-state index in [9.17, 15) is 4.79 Å². The van der Waals surface area contributed by atoms with Crippen molar-refractivity contribution in [2.45, 2.75) is 32.7 Å². The number of carbonyl (C=O) groups excluding carboxylic acids is 1. The van der Waals surface area contributed by atoms with Gasteiger partial charge in [-0.25, -0.2) is 4.98 Å². The Kier molecular flexibility index (Phi) is 3.75. The first-order valence-corrected chi connectivity index (χ1v) is 7.33. The summed E-state index contributed by atoms with van der Waals surface area (Å²) in [6.45, 7) is 2.55. The quantitative estimate of drug-likeness (QED) is 0.808. The van der Waals surface area contributed by atoms with Crippen LogP contribution in [-0.2, 0) is 19.4 Å². The molecule has 3 rings (SSSR count). The number of carbonyl (C=O) groups is 1. The first kappa shape index (κ1) is 13.8. The van der Waals surface area contributed by atoms with Crippen molar-refractivity contribution >= 4 is 11.6 Å². The summed E-state index contributed by atoms with van der Waals surface area (Å²) in [5.74, 6) is 0.523. The molecule has 1 aliphatic rings. The van der Waals surface area contributed by atoms with E-state index in [-0.39, 0.29) is 12.5 Å². The van der Waals surface area contributed by atoms with Gasteiger partial charge in [0.25, 0.3) is 5.91 Å². The number of hydrogen-bond acceptors (Lipinski definition) is 3. The fourth-order valence-electron chi connectivity index (χ4n) is 2.88. The number of aryl methyl sites for hydroxylation is 1. The minimum Gasteiger partial charge on any atom is -0.347 e. The van der Waals surface area contributed by atoms with Crippen molar-refractivity contribution in [2.24, 2.45) is 11.7 Å². The smallest absolute Gasteiger partial charge is 0.276 e. The number of nitrogens with zero attached hydrogens (tertiary/aromatic N) is 1. The normalized spacial score (nSPS) is 17.3. The number of rotatable bonds is 3. The van der Waals surface area contributed by atoms with Crippen molar-refractivity contribution in [2.75, 3.05) is 5.32 Å². The van der Waals surface area contributed by atoms with Crippen molar-refractivity contribution in [1.82, 2.24) is 9.97 Å². The summed E-state index contributed by atoms with van der Waals surface area (Å²) in [5, 5.41) is 2.90. The number of benzene rings is 1. The number of hydrogen-bond donors (Lipinski definition) is 3. The number of nitrogens with two attached hydrogens (primary N) is 1. The van der Waals surface area contributed by atoms with Crippen LogP contribution in [0.1, 0.15) is 40.7 Å². The van der Waals surface area contributed by atoms with Crippen molar-refractivity contribution in [1.29, 1.82) is 0 Å². The van der Waals surface area contributed by atoms with Crippen LogP contribution in [-0.4, -0.2) is 15.9 Å². The monoisotopic (exact) mass is 284 g/mol. The van der Waals surface area contributed by atoms with Crippen LogP contribution in [0.5, 0.6) is 0 Å². The van der Waals surface area contributed by atoms with Gasteiger partial charge < -0.3 is 16.0 Å². The molecule has 0 aliphatic heterocycles. The summed E-state index contributed by atoms with van der Waals surface area (Å²) in [6, 6.07) is 6.16. The van der Waals surface area contributed by atoms with Crippen LogP contribution < -0.4 is 11.1 Å². The molecule has 4 N–H and O–H groups in total. The van der Waals surface area contributed by atoms with E-state index >= 15 is 0 Å². The van der Waals surface area contributed by atoms with Crippen LogP contribution in [0.4, 0.5) is 5.69 Å². The molecule has 5 nitrogen and oxygen atoms in total. The average Bonchev–Trinajstić information content (AvgIpc) is 2.96. The van der Waals surface area contributed by atoms with E-state index in [1.807, 2.05) is 6.07 Å². The molecule has 1 aliphatic carbocycles. The third-order valence-corrected chi connectivity index (χ3v) is 4.08. The van der Waals surface area contributed by atoms with Crippen molar-refractivity contribution in [3.8, 4) is 0 Å². The van der Waals surface area contributed by atoms with E-state index in [0.29, 0.717) is 11.4 Å². The van der Waals surface area contributed by atoms with Crippen LogP contribution in [0, 0.1) is 5.92 Å². The number of fused-ring (bicyclic) bond motifs is 1. The largest absolute Gasteiger partial charge is 0.347 e. The first-order valence-electron chi connectivity index (χ1n) is 7.33. The number of amides is 1. The Morgan fingerprint density at radius 3 is 3.14 bits per heavy atom. The van der Waals surface area contributed by atoms with Gasteiger partial charge in [0.2, 0.25) is 0 Å². The van der Waals surface area contributed by atoms with Crippen LogP contribution in [0.25, 0.3) is 0 Å². The second kappa shape index (κ2) is 5.69. The third-order valence-electron chi connectivity index (χ3n) is 4.08. The molecule has 0 radical (unpaired) electrons. The van der Waals surface area contributed by atoms with Gasteiger partial charge in [0.05, 0.1) is 12.0 Å². The van der Waals surface area contributed by atoms with Gasteiger partial charge in [-0.05, 0) is 48.4 Å². The van der Waals surface area contributed by atoms with E-state index in [2.05, 4.69) is 34.3 Å². The number of aromatic amines is 1. The highest BCUT2D eigenvalue weighted by Gasteiger charge is 2.17. The molecule has 110 valence electrons. The van der Waals surface area contributed by atoms with E-state index in [0.717, 1.165) is 24.4 Å². The highest BCUT2D eigenvalue weighted by molar-refractivity contribution is 6.03. The Morgan fingerprint density at radius 1 is 1.48 bits per heavy atom. The number of nitrogens with one attached hydrogen (secondary N) is 2. The number of aromatic nitrogens is 2. The fourth-order valence-corrected chi connectivity index (χ4v) is 2.88. The zero-order valence-electron chi connectivity index (χ0n) is 12.1. The molecule has 0 bridgehead atoms. The Morgan fingerprint density at radius 2 is 2.33 bits per heavy atom. The molecule has 1 aromatic heterocycles. The van der Waals surface area contributed by atoms with Crippen molar-refractivity contribution in [3.63, 3.8) is 0 Å². The molecular formula is C16H20N4O. The molecule has 0 saturated carbocycles. The minimum absolute atomic E-state index is 0.221. The molecule has 1 amide bonds. The van der Waals surface area contributed by atoms with E-state index in [4.69, 9.17) is 5.73 Å². The molecule has 1 atom stereocenters. The standard InChI is InChI=1S/C16H20N4O/c1-10-2-3-12-7-13(5-4-11(12)6-10)20-16(21)15-14(8-17)18-9-19-15/h4-5,7,9-10H,2-3,6,8,17H2,1H3,(H,18,19)(H,20,21). The lowest BCUT2D eigenvalue weighted by Gasteiger charge is -2.22. The highest BCUT2D eigenvalue weighted by atomic mass is 16.1. The van der Waals surface area contributed by atoms with Gasteiger partial charge in [0.15, 0.2) is 5.69 Å². The van der Waals surface area contributed by atoms with Gasteiger partial charge in [-0.2, -0.15) is 0 Å². The molecule has 0 spiro atoms. The maximum atomic E-state index is 12.2. The predicted molar refractivity (Wildman–Crippen MR) is 82.1 cm³/mol. The third kappa shape index (κ3) is 2.83. The lowest BCUT2D eigenvalue weighted by molar-refractivity contribution is 0.102. The van der Waals surface area contributed by atoms with Gasteiger partial charge in [0, 0.05) is 12.2 Å². The molecule has 0 fully saturated rings. The predicted octanol–water partition coefficient (Wildman–Crippen LogP) is 2.25. The van der Waals surface area contributed by atoms with Gasteiger partial charge >= 0.3 is 0 Å². The molecule has 5 heteroatoms. The van der Waals surface area contributed by atoms with E-state index in [1.54, 1.807) is 0 Å². The summed E-state index contributed by atoms with van der Waals surface area (Å²) >= 11 is 0. The van der Waals surface area contributed by atoms with Gasteiger partial charge in [-0.15, -0.1) is 0 Å². The second-order valence-corrected chi connectivity index (χ2v) is 5.72. The molecule has 1 aromatic carbocycles. The van der Waals surface area contributed by atoms with Crippen LogP contribution in [0.2, 0.25) is 0 Å². The summed E-state index contributed by atoms with van der Waals surface area (Å²) in [4.78, 5) is 19.1. The summed E-state index contributed by atoms with van der Waals surface area (Å²) in [6.07, 6.45) is 4.91. The second-order valence-electron chi connectivity index (χ2n) is 5.72. The summed E-state index contributed by atoms with van der Waals surface area (Å²) in [7, 11) is 0. The zero-order chi connectivity index (χ0) is 14.8. The van der Waals surface area contributed by atoms with E-state index < -0.39 is 0 Å². The number of imidazole rings is 1. The Balaban J connectivity index is 1.78.